The SMILES string of the molecule is CCCCN1C(=O)C(=O)/C(=C(/O)c2ccc(OC)c(C(C)(C)C)c2)C1c1ccccc1F. The summed E-state index contributed by atoms with van der Waals surface area (Å²) < 4.78 is 20.2. The van der Waals surface area contributed by atoms with Crippen LogP contribution in [0.4, 0.5) is 4.39 Å². The van der Waals surface area contributed by atoms with Gasteiger partial charge in [-0.05, 0) is 36.1 Å². The van der Waals surface area contributed by atoms with E-state index in [1.54, 1.807) is 43.5 Å². The van der Waals surface area contributed by atoms with Crippen molar-refractivity contribution in [2.75, 3.05) is 13.7 Å². The number of rotatable bonds is 6. The van der Waals surface area contributed by atoms with E-state index in [0.29, 0.717) is 24.3 Å². The van der Waals surface area contributed by atoms with Crippen LogP contribution in [0.2, 0.25) is 0 Å². The number of methoxy groups -OCH3 is 1. The minimum atomic E-state index is -0.983. The Morgan fingerprint density at radius 2 is 1.84 bits per heavy atom. The number of hydrogen-bond acceptors (Lipinski definition) is 4. The van der Waals surface area contributed by atoms with Crippen molar-refractivity contribution in [1.29, 1.82) is 0 Å². The molecule has 0 aromatic heterocycles. The molecule has 3 rings (SSSR count). The maximum absolute atomic E-state index is 14.8. The van der Waals surface area contributed by atoms with Crippen LogP contribution in [-0.4, -0.2) is 35.4 Å². The van der Waals surface area contributed by atoms with Gasteiger partial charge in [0.15, 0.2) is 0 Å². The molecule has 1 unspecified atom stereocenters. The van der Waals surface area contributed by atoms with Crippen LogP contribution < -0.4 is 4.74 Å². The van der Waals surface area contributed by atoms with Crippen molar-refractivity contribution in [1.82, 2.24) is 4.90 Å². The van der Waals surface area contributed by atoms with Crippen molar-refractivity contribution in [2.24, 2.45) is 0 Å². The highest BCUT2D eigenvalue weighted by atomic mass is 19.1. The first-order chi connectivity index (χ1) is 15.1. The van der Waals surface area contributed by atoms with Crippen LogP contribution in [0.15, 0.2) is 48.0 Å². The molecule has 1 saturated heterocycles. The van der Waals surface area contributed by atoms with E-state index in [4.69, 9.17) is 4.74 Å². The smallest absolute Gasteiger partial charge is 0.295 e. The Morgan fingerprint density at radius 1 is 1.16 bits per heavy atom. The van der Waals surface area contributed by atoms with Gasteiger partial charge in [-0.3, -0.25) is 9.59 Å². The number of aliphatic hydroxyl groups excluding tert-OH is 1. The summed E-state index contributed by atoms with van der Waals surface area (Å²) in [5.74, 6) is -1.72. The van der Waals surface area contributed by atoms with E-state index in [1.807, 2.05) is 27.7 Å². The van der Waals surface area contributed by atoms with Gasteiger partial charge in [-0.15, -0.1) is 0 Å². The van der Waals surface area contributed by atoms with E-state index in [1.165, 1.54) is 11.0 Å². The number of carbonyl (C=O) groups excluding carboxylic acids is 2. The first kappa shape index (κ1) is 23.5. The maximum atomic E-state index is 14.8. The molecule has 170 valence electrons. The van der Waals surface area contributed by atoms with Gasteiger partial charge in [0, 0.05) is 23.2 Å². The average molecular weight is 440 g/mol. The number of carbonyl (C=O) groups is 2. The fourth-order valence-electron chi connectivity index (χ4n) is 4.06. The van der Waals surface area contributed by atoms with Crippen LogP contribution in [0.1, 0.15) is 63.3 Å². The van der Waals surface area contributed by atoms with Crippen LogP contribution in [0, 0.1) is 5.82 Å². The monoisotopic (exact) mass is 439 g/mol. The average Bonchev–Trinajstić information content (AvgIpc) is 3.01. The van der Waals surface area contributed by atoms with Crippen molar-refractivity contribution < 1.29 is 23.8 Å². The highest BCUT2D eigenvalue weighted by Gasteiger charge is 2.46. The summed E-state index contributed by atoms with van der Waals surface area (Å²) in [5.41, 5.74) is 1.02. The highest BCUT2D eigenvalue weighted by molar-refractivity contribution is 6.46. The van der Waals surface area contributed by atoms with Crippen molar-refractivity contribution in [3.05, 3.63) is 70.5 Å². The molecule has 1 aliphatic heterocycles. The zero-order valence-electron chi connectivity index (χ0n) is 19.2. The lowest BCUT2D eigenvalue weighted by atomic mass is 9.84. The zero-order chi connectivity index (χ0) is 23.6. The van der Waals surface area contributed by atoms with Gasteiger partial charge in [-0.2, -0.15) is 0 Å². The molecule has 1 amide bonds. The van der Waals surface area contributed by atoms with E-state index in [2.05, 4.69) is 0 Å². The number of Topliss-reactive ketones (excluding diaryl/α,β-unsaturated/α-hetero) is 1. The minimum Gasteiger partial charge on any atom is -0.507 e. The number of aliphatic hydroxyl groups is 1. The van der Waals surface area contributed by atoms with Gasteiger partial charge in [0.2, 0.25) is 0 Å². The molecule has 1 aliphatic rings. The van der Waals surface area contributed by atoms with Gasteiger partial charge in [-0.1, -0.05) is 52.3 Å². The third kappa shape index (κ3) is 4.27. The lowest BCUT2D eigenvalue weighted by molar-refractivity contribution is -0.139. The summed E-state index contributed by atoms with van der Waals surface area (Å²) in [6.45, 7) is 8.31. The number of ketones is 1. The summed E-state index contributed by atoms with van der Waals surface area (Å²) in [6, 6.07) is 10.2. The van der Waals surface area contributed by atoms with Crippen LogP contribution in [0.3, 0.4) is 0 Å². The van der Waals surface area contributed by atoms with Gasteiger partial charge in [0.1, 0.15) is 17.3 Å². The van der Waals surface area contributed by atoms with Crippen LogP contribution in [0.5, 0.6) is 5.75 Å². The first-order valence-electron chi connectivity index (χ1n) is 10.8. The molecule has 5 nitrogen and oxygen atoms in total. The number of unbranched alkanes of at least 4 members (excludes halogenated alkanes) is 1. The molecule has 32 heavy (non-hydrogen) atoms. The number of ether oxygens (including phenoxy) is 1. The van der Waals surface area contributed by atoms with Crippen molar-refractivity contribution >= 4 is 17.4 Å². The Morgan fingerprint density at radius 3 is 2.44 bits per heavy atom. The highest BCUT2D eigenvalue weighted by Crippen LogP contribution is 2.41. The third-order valence-corrected chi connectivity index (χ3v) is 5.77. The molecule has 0 radical (unpaired) electrons. The second-order valence-corrected chi connectivity index (χ2v) is 9.03. The van der Waals surface area contributed by atoms with E-state index in [9.17, 15) is 19.1 Å². The van der Waals surface area contributed by atoms with Gasteiger partial charge in [0.25, 0.3) is 11.7 Å². The number of likely N-dealkylation sites (tertiary alicyclic amines) is 1. The molecule has 0 saturated carbocycles. The van der Waals surface area contributed by atoms with E-state index in [-0.39, 0.29) is 22.3 Å². The Hall–Kier alpha value is -3.15. The summed E-state index contributed by atoms with van der Waals surface area (Å²) in [5, 5.41) is 11.2. The third-order valence-electron chi connectivity index (χ3n) is 5.77. The number of benzene rings is 2. The lowest BCUT2D eigenvalue weighted by Gasteiger charge is -2.26. The molecule has 1 N–H and O–H groups in total. The Kier molecular flexibility index (Phi) is 6.72. The topological polar surface area (TPSA) is 66.8 Å². The number of hydrogen-bond donors (Lipinski definition) is 1. The van der Waals surface area contributed by atoms with Gasteiger partial charge in [0.05, 0.1) is 18.7 Å². The molecule has 1 fully saturated rings. The van der Waals surface area contributed by atoms with E-state index < -0.39 is 23.5 Å². The predicted molar refractivity (Wildman–Crippen MR) is 122 cm³/mol. The second kappa shape index (κ2) is 9.15. The largest absolute Gasteiger partial charge is 0.507 e. The van der Waals surface area contributed by atoms with Crippen LogP contribution in [-0.2, 0) is 15.0 Å². The maximum Gasteiger partial charge on any atom is 0.295 e. The second-order valence-electron chi connectivity index (χ2n) is 9.03. The molecular weight excluding hydrogens is 409 g/mol. The molecule has 1 heterocycles. The summed E-state index contributed by atoms with van der Waals surface area (Å²) in [6.07, 6.45) is 1.47. The predicted octanol–water partition coefficient (Wildman–Crippen LogP) is 5.35. The van der Waals surface area contributed by atoms with Crippen molar-refractivity contribution in [3.63, 3.8) is 0 Å². The molecule has 1 atom stereocenters. The summed E-state index contributed by atoms with van der Waals surface area (Å²) in [4.78, 5) is 27.3. The van der Waals surface area contributed by atoms with E-state index in [0.717, 1.165) is 12.0 Å². The number of amides is 1. The zero-order valence-corrected chi connectivity index (χ0v) is 19.2. The quantitative estimate of drug-likeness (QED) is 0.374. The fraction of sp³-hybridized carbons (Fsp3) is 0.385. The van der Waals surface area contributed by atoms with Gasteiger partial charge >= 0.3 is 0 Å². The Balaban J connectivity index is 2.23. The van der Waals surface area contributed by atoms with Crippen LogP contribution >= 0.6 is 0 Å². The van der Waals surface area contributed by atoms with Crippen molar-refractivity contribution in [3.8, 4) is 5.75 Å². The number of nitrogens with zero attached hydrogens (tertiary/aromatic N) is 1. The molecular formula is C26H30FNO4. The fourth-order valence-corrected chi connectivity index (χ4v) is 4.06. The molecule has 0 bridgehead atoms. The lowest BCUT2D eigenvalue weighted by Crippen LogP contribution is -2.31. The normalized spacial score (nSPS) is 18.3. The number of halogens is 1. The Labute approximate surface area is 188 Å². The standard InChI is InChI=1S/C26H30FNO4/c1-6-7-14-28-22(17-10-8-9-11-19(17)27)21(24(30)25(28)31)23(29)16-12-13-20(32-5)18(15-16)26(2,3)4/h8-13,15,22,29H,6-7,14H2,1-5H3/b23-21+. The Bertz CT molecular complexity index is 1070. The molecule has 0 aliphatic carbocycles. The van der Waals surface area contributed by atoms with Gasteiger partial charge in [-0.25, -0.2) is 4.39 Å². The minimum absolute atomic E-state index is 0.0961. The molecule has 2 aromatic carbocycles. The van der Waals surface area contributed by atoms with Gasteiger partial charge < -0.3 is 14.7 Å². The van der Waals surface area contributed by atoms with E-state index >= 15 is 0 Å². The molecule has 0 spiro atoms. The summed E-state index contributed by atoms with van der Waals surface area (Å²) >= 11 is 0. The van der Waals surface area contributed by atoms with Crippen molar-refractivity contribution in [2.45, 2.75) is 52.0 Å². The first-order valence-corrected chi connectivity index (χ1v) is 10.8. The molecule has 6 heteroatoms. The van der Waals surface area contributed by atoms with Crippen LogP contribution in [0.25, 0.3) is 5.76 Å². The molecule has 2 aromatic rings. The summed E-state index contributed by atoms with van der Waals surface area (Å²) in [7, 11) is 1.57.